The van der Waals surface area contributed by atoms with Gasteiger partial charge < -0.3 is 5.32 Å². The third kappa shape index (κ3) is 2.32. The van der Waals surface area contributed by atoms with E-state index >= 15 is 0 Å². The van der Waals surface area contributed by atoms with Gasteiger partial charge in [-0.3, -0.25) is 4.99 Å². The van der Waals surface area contributed by atoms with Gasteiger partial charge >= 0.3 is 0 Å². The van der Waals surface area contributed by atoms with Gasteiger partial charge in [-0.15, -0.1) is 0 Å². The molecule has 106 valence electrons. The van der Waals surface area contributed by atoms with Crippen molar-refractivity contribution in [3.63, 3.8) is 0 Å². The molecule has 0 radical (unpaired) electrons. The van der Waals surface area contributed by atoms with E-state index in [0.29, 0.717) is 5.54 Å². The largest absolute Gasteiger partial charge is 0.359 e. The van der Waals surface area contributed by atoms with Crippen LogP contribution < -0.4 is 5.32 Å². The van der Waals surface area contributed by atoms with E-state index in [4.69, 9.17) is 4.99 Å². The number of aliphatic imine (C=N–C) groups is 1. The Hall–Kier alpha value is -0.180. The second kappa shape index (κ2) is 4.16. The Kier molecular flexibility index (Phi) is 2.75. The minimum atomic E-state index is 0.149. The van der Waals surface area contributed by atoms with Crippen molar-refractivity contribution in [2.75, 3.05) is 5.75 Å². The Labute approximate surface area is 121 Å². The van der Waals surface area contributed by atoms with Gasteiger partial charge in [0.15, 0.2) is 5.17 Å². The number of thioether (sulfide) groups is 1. The molecule has 5 aliphatic rings. The molecule has 3 heteroatoms. The molecule has 1 aliphatic heterocycles. The smallest absolute Gasteiger partial charge is 0.157 e. The minimum Gasteiger partial charge on any atom is -0.359 e. The lowest BCUT2D eigenvalue weighted by Crippen LogP contribution is -2.59. The van der Waals surface area contributed by atoms with E-state index in [1.165, 1.54) is 55.9 Å². The fraction of sp³-hybridized carbons (Fsp3) is 0.938. The number of hydrogen-bond donors (Lipinski definition) is 1. The lowest BCUT2D eigenvalue weighted by atomic mass is 9.53. The third-order valence-corrected chi connectivity index (χ3v) is 6.64. The lowest BCUT2D eigenvalue weighted by molar-refractivity contribution is -0.00972. The standard InChI is InChI=1S/C16H26N2S/c1-15(2)3-4-19-14(17-15)18-16-8-11-5-12(9-16)7-13(6-11)10-16/h11-13H,3-10H2,1-2H3,(H,17,18). The monoisotopic (exact) mass is 278 g/mol. The first-order chi connectivity index (χ1) is 9.02. The zero-order valence-corrected chi connectivity index (χ0v) is 13.1. The maximum absolute atomic E-state index is 4.96. The summed E-state index contributed by atoms with van der Waals surface area (Å²) in [6.07, 6.45) is 10.0. The van der Waals surface area contributed by atoms with Gasteiger partial charge in [0.2, 0.25) is 0 Å². The van der Waals surface area contributed by atoms with Gasteiger partial charge in [0.05, 0.1) is 5.54 Å². The SMILES string of the molecule is CC1(C)CCSC(NC23CC4CC(CC(C4)C2)C3)=N1. The first kappa shape index (κ1) is 12.6. The molecule has 4 bridgehead atoms. The van der Waals surface area contributed by atoms with Crippen molar-refractivity contribution in [2.45, 2.75) is 69.9 Å². The van der Waals surface area contributed by atoms with E-state index in [1.807, 2.05) is 11.8 Å². The predicted molar refractivity (Wildman–Crippen MR) is 82.6 cm³/mol. The van der Waals surface area contributed by atoms with Crippen molar-refractivity contribution in [3.05, 3.63) is 0 Å². The van der Waals surface area contributed by atoms with Crippen molar-refractivity contribution >= 4 is 16.9 Å². The molecule has 5 rings (SSSR count). The normalized spacial score (nSPS) is 47.1. The summed E-state index contributed by atoms with van der Waals surface area (Å²) < 4.78 is 0. The molecule has 19 heavy (non-hydrogen) atoms. The molecule has 1 heterocycles. The number of nitrogens with zero attached hydrogens (tertiary/aromatic N) is 1. The summed E-state index contributed by atoms with van der Waals surface area (Å²) in [5, 5.41) is 5.18. The zero-order valence-electron chi connectivity index (χ0n) is 12.2. The fourth-order valence-corrected chi connectivity index (χ4v) is 6.71. The number of hydrogen-bond acceptors (Lipinski definition) is 3. The topological polar surface area (TPSA) is 24.4 Å². The predicted octanol–water partition coefficient (Wildman–Crippen LogP) is 3.82. The summed E-state index contributed by atoms with van der Waals surface area (Å²) in [5.74, 6) is 4.27. The Morgan fingerprint density at radius 3 is 2.16 bits per heavy atom. The van der Waals surface area contributed by atoms with Crippen molar-refractivity contribution in [2.24, 2.45) is 22.7 Å². The van der Waals surface area contributed by atoms with E-state index in [9.17, 15) is 0 Å². The molecule has 0 aromatic carbocycles. The molecule has 0 spiro atoms. The van der Waals surface area contributed by atoms with Crippen LogP contribution in [0, 0.1) is 17.8 Å². The number of nitrogens with one attached hydrogen (secondary N) is 1. The third-order valence-electron chi connectivity index (χ3n) is 5.77. The first-order valence-corrected chi connectivity index (χ1v) is 9.01. The highest BCUT2D eigenvalue weighted by molar-refractivity contribution is 8.13. The fourth-order valence-electron chi connectivity index (χ4n) is 5.32. The highest BCUT2D eigenvalue weighted by atomic mass is 32.2. The van der Waals surface area contributed by atoms with Crippen LogP contribution in [0.1, 0.15) is 58.8 Å². The molecule has 0 unspecified atom stereocenters. The van der Waals surface area contributed by atoms with Gasteiger partial charge in [0.1, 0.15) is 0 Å². The summed E-state index contributed by atoms with van der Waals surface area (Å²) in [6, 6.07) is 0. The van der Waals surface area contributed by atoms with Gasteiger partial charge in [-0.25, -0.2) is 0 Å². The maximum atomic E-state index is 4.96. The Morgan fingerprint density at radius 1 is 1.05 bits per heavy atom. The van der Waals surface area contributed by atoms with Gasteiger partial charge in [0.25, 0.3) is 0 Å². The van der Waals surface area contributed by atoms with E-state index in [-0.39, 0.29) is 5.54 Å². The summed E-state index contributed by atoms with van der Waals surface area (Å²) in [5.41, 5.74) is 0.573. The molecular formula is C16H26N2S. The summed E-state index contributed by atoms with van der Waals surface area (Å²) in [4.78, 5) is 4.96. The molecule has 2 nitrogen and oxygen atoms in total. The molecule has 4 aliphatic carbocycles. The molecule has 0 aromatic rings. The maximum Gasteiger partial charge on any atom is 0.157 e. The van der Waals surface area contributed by atoms with Crippen LogP contribution in [0.2, 0.25) is 0 Å². The molecule has 4 fully saturated rings. The van der Waals surface area contributed by atoms with Crippen molar-refractivity contribution in [1.29, 1.82) is 0 Å². The Balaban J connectivity index is 1.55. The average Bonchev–Trinajstić information content (AvgIpc) is 2.24. The second-order valence-electron chi connectivity index (χ2n) is 8.15. The first-order valence-electron chi connectivity index (χ1n) is 8.03. The summed E-state index contributed by atoms with van der Waals surface area (Å²) in [7, 11) is 0. The molecule has 0 aromatic heterocycles. The van der Waals surface area contributed by atoms with E-state index in [2.05, 4.69) is 19.2 Å². The van der Waals surface area contributed by atoms with E-state index < -0.39 is 0 Å². The average molecular weight is 278 g/mol. The number of amidine groups is 1. The highest BCUT2D eigenvalue weighted by Gasteiger charge is 2.51. The summed E-state index contributed by atoms with van der Waals surface area (Å²) >= 11 is 1.95. The van der Waals surface area contributed by atoms with Crippen LogP contribution >= 0.6 is 11.8 Å². The van der Waals surface area contributed by atoms with Crippen LogP contribution in [0.15, 0.2) is 4.99 Å². The van der Waals surface area contributed by atoms with Crippen molar-refractivity contribution in [1.82, 2.24) is 5.32 Å². The van der Waals surface area contributed by atoms with Crippen LogP contribution in [0.3, 0.4) is 0 Å². The van der Waals surface area contributed by atoms with Crippen LogP contribution in [-0.2, 0) is 0 Å². The van der Waals surface area contributed by atoms with Crippen LogP contribution in [0.4, 0.5) is 0 Å². The van der Waals surface area contributed by atoms with Crippen molar-refractivity contribution in [3.8, 4) is 0 Å². The van der Waals surface area contributed by atoms with Gasteiger partial charge in [-0.2, -0.15) is 0 Å². The second-order valence-corrected chi connectivity index (χ2v) is 9.23. The van der Waals surface area contributed by atoms with Gasteiger partial charge in [0, 0.05) is 11.3 Å². The quantitative estimate of drug-likeness (QED) is 0.788. The zero-order chi connectivity index (χ0) is 13.1. The van der Waals surface area contributed by atoms with E-state index in [1.54, 1.807) is 0 Å². The van der Waals surface area contributed by atoms with E-state index in [0.717, 1.165) is 17.8 Å². The highest BCUT2D eigenvalue weighted by Crippen LogP contribution is 2.55. The summed E-state index contributed by atoms with van der Waals surface area (Å²) in [6.45, 7) is 4.54. The lowest BCUT2D eigenvalue weighted by Gasteiger charge is -2.57. The minimum absolute atomic E-state index is 0.149. The Morgan fingerprint density at radius 2 is 1.63 bits per heavy atom. The molecule has 0 atom stereocenters. The number of rotatable bonds is 1. The van der Waals surface area contributed by atoms with Crippen LogP contribution in [-0.4, -0.2) is 22.0 Å². The molecule has 0 saturated heterocycles. The molecular weight excluding hydrogens is 252 g/mol. The molecule has 0 amide bonds. The van der Waals surface area contributed by atoms with Crippen molar-refractivity contribution < 1.29 is 0 Å². The van der Waals surface area contributed by atoms with Crippen LogP contribution in [0.5, 0.6) is 0 Å². The molecule has 1 N–H and O–H groups in total. The Bertz CT molecular complexity index is 378. The van der Waals surface area contributed by atoms with Gasteiger partial charge in [-0.1, -0.05) is 11.8 Å². The molecule has 4 saturated carbocycles. The van der Waals surface area contributed by atoms with Crippen LogP contribution in [0.25, 0.3) is 0 Å². The van der Waals surface area contributed by atoms with Gasteiger partial charge in [-0.05, 0) is 76.5 Å².